The summed E-state index contributed by atoms with van der Waals surface area (Å²) in [5.41, 5.74) is 0. The first-order valence-corrected chi connectivity index (χ1v) is 5.06. The van der Waals surface area contributed by atoms with Crippen LogP contribution in [0.5, 0.6) is 0 Å². The van der Waals surface area contributed by atoms with E-state index in [-0.39, 0.29) is 6.42 Å². The van der Waals surface area contributed by atoms with Crippen LogP contribution >= 0.6 is 0 Å². The van der Waals surface area contributed by atoms with Crippen LogP contribution in [0, 0.1) is 5.92 Å². The molecular weight excluding hydrogens is 193 g/mol. The third-order valence-corrected chi connectivity index (χ3v) is 1.99. The molecule has 0 bridgehead atoms. The molecule has 4 heteroatoms. The molecule has 14 heavy (non-hydrogen) atoms. The van der Waals surface area contributed by atoms with Crippen LogP contribution in [-0.2, 0) is 0 Å². The highest BCUT2D eigenvalue weighted by Gasteiger charge is 2.25. The average Bonchev–Trinajstić information content (AvgIpc) is 1.95. The van der Waals surface area contributed by atoms with E-state index in [0.717, 1.165) is 0 Å². The van der Waals surface area contributed by atoms with E-state index < -0.39 is 18.7 Å². The third kappa shape index (κ3) is 9.84. The second-order valence-corrected chi connectivity index (χ2v) is 4.14. The molecule has 1 N–H and O–H groups in total. The van der Waals surface area contributed by atoms with E-state index in [4.69, 9.17) is 0 Å². The molecule has 1 atom stereocenters. The molecule has 0 saturated heterocycles. The van der Waals surface area contributed by atoms with Crippen molar-refractivity contribution in [3.63, 3.8) is 0 Å². The van der Waals surface area contributed by atoms with Crippen LogP contribution in [0.4, 0.5) is 13.2 Å². The van der Waals surface area contributed by atoms with Gasteiger partial charge in [0.15, 0.2) is 0 Å². The topological polar surface area (TPSA) is 20.2 Å². The Balaban J connectivity index is 3.36. The Kier molecular flexibility index (Phi) is 6.16. The van der Waals surface area contributed by atoms with Crippen molar-refractivity contribution in [2.24, 2.45) is 5.92 Å². The van der Waals surface area contributed by atoms with Gasteiger partial charge in [-0.1, -0.05) is 20.3 Å². The summed E-state index contributed by atoms with van der Waals surface area (Å²) < 4.78 is 35.2. The maximum atomic E-state index is 11.7. The molecule has 0 radical (unpaired) electrons. The summed E-state index contributed by atoms with van der Waals surface area (Å²) in [4.78, 5) is 0. The fraction of sp³-hybridized carbons (Fsp3) is 1.00. The zero-order chi connectivity index (χ0) is 11.2. The Morgan fingerprint density at radius 2 is 1.71 bits per heavy atom. The van der Waals surface area contributed by atoms with Gasteiger partial charge in [0, 0.05) is 6.42 Å². The number of aliphatic hydroxyl groups excluding tert-OH is 1. The third-order valence-electron chi connectivity index (χ3n) is 1.99. The minimum Gasteiger partial charge on any atom is -0.393 e. The van der Waals surface area contributed by atoms with Crippen LogP contribution in [-0.4, -0.2) is 17.4 Å². The van der Waals surface area contributed by atoms with Gasteiger partial charge in [0.05, 0.1) is 6.10 Å². The first-order chi connectivity index (χ1) is 6.31. The summed E-state index contributed by atoms with van der Waals surface area (Å²) in [5, 5.41) is 9.37. The maximum absolute atomic E-state index is 11.7. The predicted octanol–water partition coefficient (Wildman–Crippen LogP) is 3.52. The number of rotatable bonds is 6. The quantitative estimate of drug-likeness (QED) is 0.668. The molecule has 0 amide bonds. The predicted molar refractivity (Wildman–Crippen MR) is 50.0 cm³/mol. The fourth-order valence-corrected chi connectivity index (χ4v) is 1.37. The maximum Gasteiger partial charge on any atom is 0.389 e. The normalized spacial score (nSPS) is 14.8. The van der Waals surface area contributed by atoms with Gasteiger partial charge >= 0.3 is 6.18 Å². The van der Waals surface area contributed by atoms with Gasteiger partial charge in [0.25, 0.3) is 0 Å². The van der Waals surface area contributed by atoms with E-state index in [2.05, 4.69) is 0 Å². The van der Waals surface area contributed by atoms with Crippen LogP contribution in [0.15, 0.2) is 0 Å². The summed E-state index contributed by atoms with van der Waals surface area (Å²) in [6.45, 7) is 3.97. The van der Waals surface area contributed by atoms with Crippen molar-refractivity contribution in [3.8, 4) is 0 Å². The number of halogens is 3. The van der Waals surface area contributed by atoms with Crippen molar-refractivity contribution in [1.29, 1.82) is 0 Å². The van der Waals surface area contributed by atoms with Gasteiger partial charge in [-0.25, -0.2) is 0 Å². The minimum atomic E-state index is -4.05. The summed E-state index contributed by atoms with van der Waals surface area (Å²) in [6.07, 6.45) is -3.50. The molecule has 0 saturated carbocycles. The fourth-order valence-electron chi connectivity index (χ4n) is 1.37. The Labute approximate surface area is 83.3 Å². The van der Waals surface area contributed by atoms with Crippen LogP contribution in [0.1, 0.15) is 46.0 Å². The van der Waals surface area contributed by atoms with Crippen LogP contribution < -0.4 is 0 Å². The lowest BCUT2D eigenvalue weighted by Crippen LogP contribution is -2.11. The largest absolute Gasteiger partial charge is 0.393 e. The van der Waals surface area contributed by atoms with Gasteiger partial charge in [0.2, 0.25) is 0 Å². The first kappa shape index (κ1) is 13.8. The van der Waals surface area contributed by atoms with Crippen molar-refractivity contribution in [2.75, 3.05) is 0 Å². The smallest absolute Gasteiger partial charge is 0.389 e. The lowest BCUT2D eigenvalue weighted by Gasteiger charge is -2.12. The van der Waals surface area contributed by atoms with E-state index in [1.165, 1.54) is 0 Å². The molecule has 0 spiro atoms. The Morgan fingerprint density at radius 1 is 1.14 bits per heavy atom. The highest BCUT2D eigenvalue weighted by atomic mass is 19.4. The number of hydrogen-bond acceptors (Lipinski definition) is 1. The molecule has 0 rings (SSSR count). The molecule has 1 nitrogen and oxygen atoms in total. The first-order valence-electron chi connectivity index (χ1n) is 5.06. The zero-order valence-electron chi connectivity index (χ0n) is 8.77. The average molecular weight is 212 g/mol. The number of hydrogen-bond donors (Lipinski definition) is 1. The van der Waals surface area contributed by atoms with Crippen molar-refractivity contribution < 1.29 is 18.3 Å². The number of alkyl halides is 3. The Bertz CT molecular complexity index is 143. The molecular formula is C10H19F3O. The van der Waals surface area contributed by atoms with Crippen molar-refractivity contribution in [2.45, 2.75) is 58.2 Å². The second kappa shape index (κ2) is 6.27. The molecule has 0 aromatic carbocycles. The summed E-state index contributed by atoms with van der Waals surface area (Å²) in [7, 11) is 0. The standard InChI is InChI=1S/C10H19F3O/c1-8(2)7-9(14)5-3-4-6-10(11,12)13/h8-9,14H,3-7H2,1-2H3. The van der Waals surface area contributed by atoms with E-state index in [0.29, 0.717) is 25.2 Å². The van der Waals surface area contributed by atoms with E-state index in [1.807, 2.05) is 13.8 Å². The van der Waals surface area contributed by atoms with Gasteiger partial charge in [-0.2, -0.15) is 13.2 Å². The molecule has 0 aliphatic carbocycles. The van der Waals surface area contributed by atoms with E-state index in [1.54, 1.807) is 0 Å². The van der Waals surface area contributed by atoms with E-state index in [9.17, 15) is 18.3 Å². The van der Waals surface area contributed by atoms with Crippen LogP contribution in [0.3, 0.4) is 0 Å². The van der Waals surface area contributed by atoms with Gasteiger partial charge in [-0.15, -0.1) is 0 Å². The van der Waals surface area contributed by atoms with Crippen molar-refractivity contribution >= 4 is 0 Å². The summed E-state index contributed by atoms with van der Waals surface area (Å²) >= 11 is 0. The van der Waals surface area contributed by atoms with Crippen LogP contribution in [0.25, 0.3) is 0 Å². The summed E-state index contributed by atoms with van der Waals surface area (Å²) in [5.74, 6) is 0.396. The summed E-state index contributed by atoms with van der Waals surface area (Å²) in [6, 6.07) is 0. The Morgan fingerprint density at radius 3 is 2.14 bits per heavy atom. The zero-order valence-corrected chi connectivity index (χ0v) is 8.77. The van der Waals surface area contributed by atoms with Gasteiger partial charge < -0.3 is 5.11 Å². The van der Waals surface area contributed by atoms with Gasteiger partial charge in [0.1, 0.15) is 0 Å². The van der Waals surface area contributed by atoms with Gasteiger partial charge in [-0.3, -0.25) is 0 Å². The molecule has 1 unspecified atom stereocenters. The molecule has 0 heterocycles. The molecule has 0 aromatic heterocycles. The molecule has 0 fully saturated rings. The molecule has 0 aliphatic rings. The lowest BCUT2D eigenvalue weighted by molar-refractivity contribution is -0.135. The van der Waals surface area contributed by atoms with E-state index >= 15 is 0 Å². The Hall–Kier alpha value is -0.250. The molecule has 0 aliphatic heterocycles. The number of unbranched alkanes of at least 4 members (excludes halogenated alkanes) is 1. The monoisotopic (exact) mass is 212 g/mol. The highest BCUT2D eigenvalue weighted by molar-refractivity contribution is 4.60. The number of aliphatic hydroxyl groups is 1. The molecule has 86 valence electrons. The second-order valence-electron chi connectivity index (χ2n) is 4.14. The minimum absolute atomic E-state index is 0.124. The van der Waals surface area contributed by atoms with Crippen LogP contribution in [0.2, 0.25) is 0 Å². The molecule has 0 aromatic rings. The SMILES string of the molecule is CC(C)CC(O)CCCCC(F)(F)F. The van der Waals surface area contributed by atoms with Gasteiger partial charge in [-0.05, 0) is 25.2 Å². The van der Waals surface area contributed by atoms with Crippen molar-refractivity contribution in [1.82, 2.24) is 0 Å². The highest BCUT2D eigenvalue weighted by Crippen LogP contribution is 2.23. The lowest BCUT2D eigenvalue weighted by atomic mass is 10.0. The van der Waals surface area contributed by atoms with Crippen molar-refractivity contribution in [3.05, 3.63) is 0 Å².